The van der Waals surface area contributed by atoms with Crippen LogP contribution in [0.1, 0.15) is 76.3 Å². The summed E-state index contributed by atoms with van der Waals surface area (Å²) in [5.41, 5.74) is 0.556. The molecule has 2 unspecified atom stereocenters. The second kappa shape index (κ2) is 12.4. The SMILES string of the molecule is CCCCC(O)(CCSCCC(O)(CCCC)c1ccccc1)c1ccccc1. The second-order valence-electron chi connectivity index (χ2n) is 8.11. The lowest BCUT2D eigenvalue weighted by Gasteiger charge is -2.30. The molecular weight excluding hydrogens is 376 g/mol. The van der Waals surface area contributed by atoms with Gasteiger partial charge in [0.1, 0.15) is 0 Å². The van der Waals surface area contributed by atoms with Crippen LogP contribution in [0.25, 0.3) is 0 Å². The number of aliphatic hydroxyl groups is 2. The van der Waals surface area contributed by atoms with Gasteiger partial charge in [-0.3, -0.25) is 0 Å². The summed E-state index contributed by atoms with van der Waals surface area (Å²) in [6.07, 6.45) is 7.34. The minimum Gasteiger partial charge on any atom is -0.385 e. The van der Waals surface area contributed by atoms with Crippen molar-refractivity contribution in [2.75, 3.05) is 11.5 Å². The zero-order chi connectivity index (χ0) is 21.0. The average molecular weight is 415 g/mol. The van der Waals surface area contributed by atoms with Gasteiger partial charge in [-0.2, -0.15) is 11.8 Å². The smallest absolute Gasteiger partial charge is 0.0904 e. The van der Waals surface area contributed by atoms with Crippen LogP contribution in [-0.4, -0.2) is 21.7 Å². The Balaban J connectivity index is 1.91. The van der Waals surface area contributed by atoms with Gasteiger partial charge in [0.2, 0.25) is 0 Å². The second-order valence-corrected chi connectivity index (χ2v) is 9.34. The van der Waals surface area contributed by atoms with E-state index >= 15 is 0 Å². The number of unbranched alkanes of at least 4 members (excludes halogenated alkanes) is 2. The van der Waals surface area contributed by atoms with Crippen LogP contribution in [0.4, 0.5) is 0 Å². The molecule has 2 atom stereocenters. The minimum absolute atomic E-state index is 0.748. The molecule has 0 fully saturated rings. The molecule has 2 aromatic rings. The summed E-state index contributed by atoms with van der Waals surface area (Å²) < 4.78 is 0. The lowest BCUT2D eigenvalue weighted by atomic mass is 9.86. The first-order valence-electron chi connectivity index (χ1n) is 11.2. The molecule has 0 aliphatic rings. The Morgan fingerprint density at radius 3 is 1.34 bits per heavy atom. The van der Waals surface area contributed by atoms with E-state index in [1.807, 2.05) is 72.4 Å². The van der Waals surface area contributed by atoms with E-state index in [0.29, 0.717) is 0 Å². The van der Waals surface area contributed by atoms with Crippen LogP contribution in [0.15, 0.2) is 60.7 Å². The first-order chi connectivity index (χ1) is 14.0. The monoisotopic (exact) mass is 414 g/mol. The van der Waals surface area contributed by atoms with E-state index < -0.39 is 11.2 Å². The van der Waals surface area contributed by atoms with Crippen molar-refractivity contribution in [3.8, 4) is 0 Å². The summed E-state index contributed by atoms with van der Waals surface area (Å²) in [7, 11) is 0. The van der Waals surface area contributed by atoms with Crippen LogP contribution in [0.2, 0.25) is 0 Å². The van der Waals surface area contributed by atoms with E-state index in [4.69, 9.17) is 0 Å². The largest absolute Gasteiger partial charge is 0.385 e. The minimum atomic E-state index is -0.748. The third-order valence-corrected chi connectivity index (χ3v) is 6.82. The number of hydrogen-bond donors (Lipinski definition) is 2. The normalized spacial score (nSPS) is 15.6. The van der Waals surface area contributed by atoms with Crippen molar-refractivity contribution in [1.82, 2.24) is 0 Å². The highest BCUT2D eigenvalue weighted by atomic mass is 32.2. The van der Waals surface area contributed by atoms with Crippen LogP contribution < -0.4 is 0 Å². The molecule has 0 aliphatic heterocycles. The zero-order valence-corrected chi connectivity index (χ0v) is 19.0. The Labute approximate surface area is 181 Å². The molecule has 0 amide bonds. The van der Waals surface area contributed by atoms with Crippen molar-refractivity contribution in [2.24, 2.45) is 0 Å². The highest BCUT2D eigenvalue weighted by molar-refractivity contribution is 7.99. The molecule has 2 rings (SSSR count). The lowest BCUT2D eigenvalue weighted by molar-refractivity contribution is 0.0213. The Morgan fingerprint density at radius 1 is 0.621 bits per heavy atom. The molecule has 0 aliphatic carbocycles. The van der Waals surface area contributed by atoms with Gasteiger partial charge in [-0.25, -0.2) is 0 Å². The molecule has 0 aromatic heterocycles. The van der Waals surface area contributed by atoms with E-state index in [1.54, 1.807) is 0 Å². The van der Waals surface area contributed by atoms with E-state index in [2.05, 4.69) is 13.8 Å². The Morgan fingerprint density at radius 2 is 1.00 bits per heavy atom. The molecule has 0 heterocycles. The van der Waals surface area contributed by atoms with Crippen LogP contribution >= 0.6 is 11.8 Å². The molecule has 2 N–H and O–H groups in total. The van der Waals surface area contributed by atoms with Gasteiger partial charge in [-0.1, -0.05) is 100 Å². The summed E-state index contributed by atoms with van der Waals surface area (Å²) in [4.78, 5) is 0. The van der Waals surface area contributed by atoms with Gasteiger partial charge in [0, 0.05) is 0 Å². The predicted octanol–water partition coefficient (Wildman–Crippen LogP) is 6.66. The van der Waals surface area contributed by atoms with Crippen LogP contribution in [0, 0.1) is 0 Å². The number of thioether (sulfide) groups is 1. The fraction of sp³-hybridized carbons (Fsp3) is 0.538. The molecule has 29 heavy (non-hydrogen) atoms. The van der Waals surface area contributed by atoms with E-state index in [9.17, 15) is 10.2 Å². The molecule has 0 radical (unpaired) electrons. The summed E-state index contributed by atoms with van der Waals surface area (Å²) in [6, 6.07) is 20.2. The predicted molar refractivity (Wildman–Crippen MR) is 126 cm³/mol. The van der Waals surface area contributed by atoms with Gasteiger partial charge in [-0.05, 0) is 48.3 Å². The van der Waals surface area contributed by atoms with Crippen molar-refractivity contribution in [1.29, 1.82) is 0 Å². The van der Waals surface area contributed by atoms with Crippen LogP contribution in [0.5, 0.6) is 0 Å². The molecule has 0 saturated heterocycles. The topological polar surface area (TPSA) is 40.5 Å². The molecule has 0 bridgehead atoms. The maximum Gasteiger partial charge on any atom is 0.0904 e. The Bertz CT molecular complexity index is 616. The number of benzene rings is 2. The molecule has 2 aromatic carbocycles. The molecule has 2 nitrogen and oxygen atoms in total. The first-order valence-corrected chi connectivity index (χ1v) is 12.3. The van der Waals surface area contributed by atoms with Crippen molar-refractivity contribution in [3.63, 3.8) is 0 Å². The van der Waals surface area contributed by atoms with Gasteiger partial charge < -0.3 is 10.2 Å². The van der Waals surface area contributed by atoms with E-state index in [1.165, 1.54) is 0 Å². The van der Waals surface area contributed by atoms with Crippen molar-refractivity contribution in [2.45, 2.75) is 76.4 Å². The highest BCUT2D eigenvalue weighted by Gasteiger charge is 2.30. The van der Waals surface area contributed by atoms with Gasteiger partial charge in [-0.15, -0.1) is 0 Å². The molecule has 3 heteroatoms. The van der Waals surface area contributed by atoms with Crippen molar-refractivity contribution in [3.05, 3.63) is 71.8 Å². The van der Waals surface area contributed by atoms with Crippen LogP contribution in [0.3, 0.4) is 0 Å². The van der Waals surface area contributed by atoms with Gasteiger partial charge in [0.05, 0.1) is 11.2 Å². The third kappa shape index (κ3) is 7.47. The fourth-order valence-corrected chi connectivity index (χ4v) is 5.01. The van der Waals surface area contributed by atoms with E-state index in [-0.39, 0.29) is 0 Å². The van der Waals surface area contributed by atoms with Gasteiger partial charge >= 0.3 is 0 Å². The molecular formula is C26H38O2S. The fourth-order valence-electron chi connectivity index (χ4n) is 3.85. The highest BCUT2D eigenvalue weighted by Crippen LogP contribution is 2.34. The molecule has 0 spiro atoms. The lowest BCUT2D eigenvalue weighted by Crippen LogP contribution is -2.28. The summed E-state index contributed by atoms with van der Waals surface area (Å²) >= 11 is 1.84. The first kappa shape index (κ1) is 24.0. The van der Waals surface area contributed by atoms with Gasteiger partial charge in [0.25, 0.3) is 0 Å². The van der Waals surface area contributed by atoms with Gasteiger partial charge in [0.15, 0.2) is 0 Å². The van der Waals surface area contributed by atoms with Crippen molar-refractivity contribution < 1.29 is 10.2 Å². The Kier molecular flexibility index (Phi) is 10.3. The molecule has 160 valence electrons. The quantitative estimate of drug-likeness (QED) is 0.340. The van der Waals surface area contributed by atoms with Crippen molar-refractivity contribution >= 4 is 11.8 Å². The van der Waals surface area contributed by atoms with Crippen LogP contribution in [-0.2, 0) is 11.2 Å². The maximum atomic E-state index is 11.3. The molecule has 0 saturated carbocycles. The standard InChI is InChI=1S/C26H38O2S/c1-3-5-17-25(27,23-13-9-7-10-14-23)19-21-29-22-20-26(28,18-6-4-2)24-15-11-8-12-16-24/h7-16,27-28H,3-6,17-22H2,1-2H3. The maximum absolute atomic E-state index is 11.3. The average Bonchev–Trinajstić information content (AvgIpc) is 2.77. The number of rotatable bonds is 14. The Hall–Kier alpha value is -1.29. The third-order valence-electron chi connectivity index (χ3n) is 5.83. The number of hydrogen-bond acceptors (Lipinski definition) is 3. The summed E-state index contributed by atoms with van der Waals surface area (Å²) in [5, 5.41) is 22.6. The van der Waals surface area contributed by atoms with E-state index in [0.717, 1.165) is 74.0 Å². The summed E-state index contributed by atoms with van der Waals surface area (Å²) in [6.45, 7) is 4.34. The zero-order valence-electron chi connectivity index (χ0n) is 18.1. The summed E-state index contributed by atoms with van der Waals surface area (Å²) in [5.74, 6) is 1.79.